The van der Waals surface area contributed by atoms with Crippen LogP contribution in [0.2, 0.25) is 0 Å². The molecule has 0 saturated carbocycles. The van der Waals surface area contributed by atoms with Gasteiger partial charge in [-0.15, -0.1) is 0 Å². The molecule has 0 bridgehead atoms. The number of carbonyl (C=O) groups is 1. The van der Waals surface area contributed by atoms with Crippen molar-refractivity contribution in [2.24, 2.45) is 0 Å². The summed E-state index contributed by atoms with van der Waals surface area (Å²) in [6.07, 6.45) is 0.771. The fraction of sp³-hybridized carbons (Fsp3) is 0.632. The van der Waals surface area contributed by atoms with Crippen molar-refractivity contribution in [1.82, 2.24) is 0 Å². The first-order valence-corrected chi connectivity index (χ1v) is 10.5. The van der Waals surface area contributed by atoms with Gasteiger partial charge in [-0.3, -0.25) is 0 Å². The molecule has 0 aliphatic carbocycles. The van der Waals surface area contributed by atoms with E-state index in [2.05, 4.69) is 0 Å². The average molecular weight is 417 g/mol. The molecule has 0 aliphatic rings. The number of hydrogen-bond acceptors (Lipinski definition) is 8. The largest absolute Gasteiger partial charge is 0.487 e. The third-order valence-corrected chi connectivity index (χ3v) is 4.84. The Morgan fingerprint density at radius 2 is 1.39 bits per heavy atom. The average Bonchev–Trinajstić information content (AvgIpc) is 2.69. The van der Waals surface area contributed by atoms with Gasteiger partial charge in [0.15, 0.2) is 11.5 Å². The number of benzene rings is 1. The third-order valence-electron chi connectivity index (χ3n) is 3.79. The standard InChI is InChI=1S/C19H32O8Si/c1-5-16(28)27-19(20)14-6-7-15(24-11-8-21-2)18(26-13-10-23-4)17(14)25-12-9-22-3/h6-7,16H,5,8-13H2,1-4,28H3. The molecule has 1 aromatic carbocycles. The molecule has 0 saturated heterocycles. The predicted octanol–water partition coefficient (Wildman–Crippen LogP) is 1.02. The number of rotatable bonds is 15. The summed E-state index contributed by atoms with van der Waals surface area (Å²) in [4.78, 5) is 12.7. The van der Waals surface area contributed by atoms with Crippen molar-refractivity contribution in [1.29, 1.82) is 0 Å². The molecule has 0 heterocycles. The Morgan fingerprint density at radius 3 is 1.93 bits per heavy atom. The smallest absolute Gasteiger partial charge is 0.341 e. The van der Waals surface area contributed by atoms with Crippen molar-refractivity contribution in [2.75, 3.05) is 61.0 Å². The minimum Gasteiger partial charge on any atom is -0.487 e. The van der Waals surface area contributed by atoms with E-state index < -0.39 is 5.97 Å². The number of methoxy groups -OCH3 is 3. The van der Waals surface area contributed by atoms with E-state index in [-0.39, 0.29) is 30.3 Å². The maximum atomic E-state index is 12.7. The lowest BCUT2D eigenvalue weighted by Gasteiger charge is -2.20. The van der Waals surface area contributed by atoms with Gasteiger partial charge >= 0.3 is 5.97 Å². The van der Waals surface area contributed by atoms with Gasteiger partial charge in [-0.2, -0.15) is 0 Å². The van der Waals surface area contributed by atoms with Crippen molar-refractivity contribution < 1.29 is 38.0 Å². The molecule has 9 heteroatoms. The van der Waals surface area contributed by atoms with Gasteiger partial charge in [-0.05, 0) is 18.6 Å². The highest BCUT2D eigenvalue weighted by Crippen LogP contribution is 2.41. The first-order chi connectivity index (χ1) is 13.6. The summed E-state index contributed by atoms with van der Waals surface area (Å²) in [5.74, 6) is 0.613. The monoisotopic (exact) mass is 416 g/mol. The van der Waals surface area contributed by atoms with Crippen LogP contribution in [0.25, 0.3) is 0 Å². The molecule has 1 unspecified atom stereocenters. The van der Waals surface area contributed by atoms with E-state index in [0.717, 1.165) is 16.7 Å². The Kier molecular flexibility index (Phi) is 12.3. The van der Waals surface area contributed by atoms with Crippen molar-refractivity contribution in [3.63, 3.8) is 0 Å². The SMILES string of the molecule is CCC([SiH3])OC(=O)c1ccc(OCCOC)c(OCCOC)c1OCCOC. The van der Waals surface area contributed by atoms with Gasteiger partial charge in [0.2, 0.25) is 5.75 Å². The topological polar surface area (TPSA) is 81.7 Å². The molecule has 1 atom stereocenters. The van der Waals surface area contributed by atoms with Crippen LogP contribution in [-0.2, 0) is 18.9 Å². The zero-order chi connectivity index (χ0) is 20.8. The van der Waals surface area contributed by atoms with Gasteiger partial charge in [0.05, 0.1) is 35.8 Å². The highest BCUT2D eigenvalue weighted by atomic mass is 28.1. The molecule has 0 N–H and O–H groups in total. The fourth-order valence-electron chi connectivity index (χ4n) is 2.12. The Morgan fingerprint density at radius 1 is 0.857 bits per heavy atom. The van der Waals surface area contributed by atoms with E-state index in [1.165, 1.54) is 0 Å². The van der Waals surface area contributed by atoms with Gasteiger partial charge in [0.1, 0.15) is 25.4 Å². The summed E-state index contributed by atoms with van der Waals surface area (Å²) >= 11 is 0. The Hall–Kier alpha value is -1.81. The van der Waals surface area contributed by atoms with Crippen LogP contribution in [-0.4, -0.2) is 82.9 Å². The van der Waals surface area contributed by atoms with Crippen molar-refractivity contribution in [2.45, 2.75) is 19.1 Å². The summed E-state index contributed by atoms with van der Waals surface area (Å²) in [5, 5.41) is 0. The van der Waals surface area contributed by atoms with Gasteiger partial charge in [-0.25, -0.2) is 4.79 Å². The quantitative estimate of drug-likeness (QED) is 0.238. The second-order valence-corrected chi connectivity index (χ2v) is 7.21. The summed E-state index contributed by atoms with van der Waals surface area (Å²) in [5.41, 5.74) is 0.215. The Balaban J connectivity index is 3.23. The maximum absolute atomic E-state index is 12.7. The van der Waals surface area contributed by atoms with E-state index in [1.54, 1.807) is 33.5 Å². The second kappa shape index (κ2) is 14.2. The molecule has 0 radical (unpaired) electrons. The van der Waals surface area contributed by atoms with Crippen LogP contribution in [0.1, 0.15) is 23.7 Å². The molecule has 0 aromatic heterocycles. The molecule has 0 amide bonds. The Labute approximate surface area is 169 Å². The van der Waals surface area contributed by atoms with Gasteiger partial charge < -0.3 is 33.2 Å². The van der Waals surface area contributed by atoms with Crippen LogP contribution in [0.4, 0.5) is 0 Å². The lowest BCUT2D eigenvalue weighted by atomic mass is 10.1. The summed E-state index contributed by atoms with van der Waals surface area (Å²) in [6, 6.07) is 3.30. The lowest BCUT2D eigenvalue weighted by Crippen LogP contribution is -2.19. The summed E-state index contributed by atoms with van der Waals surface area (Å²) in [7, 11) is 5.50. The van der Waals surface area contributed by atoms with Crippen LogP contribution in [0, 0.1) is 0 Å². The van der Waals surface area contributed by atoms with E-state index in [9.17, 15) is 4.79 Å². The van der Waals surface area contributed by atoms with Gasteiger partial charge in [-0.1, -0.05) is 6.92 Å². The van der Waals surface area contributed by atoms with Crippen LogP contribution < -0.4 is 14.2 Å². The van der Waals surface area contributed by atoms with Crippen LogP contribution >= 0.6 is 0 Å². The molecule has 160 valence electrons. The maximum Gasteiger partial charge on any atom is 0.341 e. The van der Waals surface area contributed by atoms with Gasteiger partial charge in [0, 0.05) is 21.3 Å². The lowest BCUT2D eigenvalue weighted by molar-refractivity contribution is 0.0434. The fourth-order valence-corrected chi connectivity index (χ4v) is 2.33. The Bertz CT molecular complexity index is 581. The molecule has 0 spiro atoms. The van der Waals surface area contributed by atoms with E-state index >= 15 is 0 Å². The molecule has 1 aromatic rings. The first-order valence-electron chi connectivity index (χ1n) is 9.32. The van der Waals surface area contributed by atoms with Crippen LogP contribution in [0.5, 0.6) is 17.2 Å². The molecule has 1 rings (SSSR count). The number of ether oxygens (including phenoxy) is 7. The van der Waals surface area contributed by atoms with Crippen molar-refractivity contribution >= 4 is 16.2 Å². The summed E-state index contributed by atoms with van der Waals surface area (Å²) in [6.45, 7) is 3.98. The van der Waals surface area contributed by atoms with Crippen molar-refractivity contribution in [3.05, 3.63) is 17.7 Å². The van der Waals surface area contributed by atoms with E-state index in [0.29, 0.717) is 37.9 Å². The first kappa shape index (κ1) is 24.2. The molecule has 0 aliphatic heterocycles. The zero-order valence-corrected chi connectivity index (χ0v) is 19.4. The second-order valence-electron chi connectivity index (χ2n) is 5.92. The minimum atomic E-state index is -0.450. The normalized spacial score (nSPS) is 11.9. The van der Waals surface area contributed by atoms with Crippen LogP contribution in [0.3, 0.4) is 0 Å². The van der Waals surface area contributed by atoms with Crippen molar-refractivity contribution in [3.8, 4) is 17.2 Å². The predicted molar refractivity (Wildman–Crippen MR) is 108 cm³/mol. The number of carbonyl (C=O) groups excluding carboxylic acids is 1. The van der Waals surface area contributed by atoms with Gasteiger partial charge in [0.25, 0.3) is 0 Å². The molecule has 28 heavy (non-hydrogen) atoms. The highest BCUT2D eigenvalue weighted by Gasteiger charge is 2.24. The minimum absolute atomic E-state index is 0.0742. The van der Waals surface area contributed by atoms with Crippen LogP contribution in [0.15, 0.2) is 12.1 Å². The van der Waals surface area contributed by atoms with E-state index in [1.807, 2.05) is 6.92 Å². The number of esters is 1. The molecule has 0 fully saturated rings. The third kappa shape index (κ3) is 8.05. The zero-order valence-electron chi connectivity index (χ0n) is 17.4. The number of hydrogen-bond donors (Lipinski definition) is 0. The summed E-state index contributed by atoms with van der Waals surface area (Å²) < 4.78 is 38.1. The highest BCUT2D eigenvalue weighted by molar-refractivity contribution is 6.12. The molecular formula is C19H32O8Si. The molecule has 8 nitrogen and oxygen atoms in total. The van der Waals surface area contributed by atoms with E-state index in [4.69, 9.17) is 33.2 Å². The molecular weight excluding hydrogens is 384 g/mol.